The number of aliphatic carboxylic acids is 1. The van der Waals surface area contributed by atoms with Crippen LogP contribution in [0, 0.1) is 0 Å². The molecule has 0 aromatic heterocycles. The third-order valence-corrected chi connectivity index (χ3v) is 7.84. The van der Waals surface area contributed by atoms with E-state index in [0.717, 1.165) is 44.1 Å². The number of rotatable bonds is 18. The highest BCUT2D eigenvalue weighted by atomic mass is 35.8. The molecule has 1 aromatic carbocycles. The number of unbranched alkanes of at least 4 members (excludes halogenated alkanes) is 8. The molecule has 0 unspecified atom stereocenters. The number of benzene rings is 1. The van der Waals surface area contributed by atoms with Crippen molar-refractivity contribution in [3.05, 3.63) is 29.3 Å². The van der Waals surface area contributed by atoms with E-state index in [9.17, 15) is 9.90 Å². The molecular weight excluding hydrogens is 487 g/mol. The van der Waals surface area contributed by atoms with Gasteiger partial charge < -0.3 is 14.6 Å². The Bertz CT molecular complexity index is 705. The number of methoxy groups -OCH3 is 1. The predicted molar refractivity (Wildman–Crippen MR) is 139 cm³/mol. The van der Waals surface area contributed by atoms with Crippen LogP contribution in [0.4, 0.5) is 0 Å². The Morgan fingerprint density at radius 2 is 1.62 bits per heavy atom. The Morgan fingerprint density at radius 1 is 0.969 bits per heavy atom. The van der Waals surface area contributed by atoms with E-state index in [1.165, 1.54) is 25.7 Å². The lowest BCUT2D eigenvalue weighted by molar-refractivity contribution is -0.132. The number of hydrogen-bond acceptors (Lipinski definition) is 3. The maximum absolute atomic E-state index is 11.7. The lowest BCUT2D eigenvalue weighted by Crippen LogP contribution is -2.07. The topological polar surface area (TPSA) is 55.8 Å². The molecular formula is C24H37Cl3O4Si. The van der Waals surface area contributed by atoms with Crippen LogP contribution < -0.4 is 9.47 Å². The Labute approximate surface area is 208 Å². The number of carboxylic acids is 1. The van der Waals surface area contributed by atoms with E-state index in [4.69, 9.17) is 42.7 Å². The van der Waals surface area contributed by atoms with Gasteiger partial charge in [0.05, 0.1) is 13.7 Å². The lowest BCUT2D eigenvalue weighted by atomic mass is 10.0. The van der Waals surface area contributed by atoms with Gasteiger partial charge in [-0.3, -0.25) is 0 Å². The zero-order valence-corrected chi connectivity index (χ0v) is 22.6. The van der Waals surface area contributed by atoms with Crippen LogP contribution in [0.25, 0.3) is 6.08 Å². The highest BCUT2D eigenvalue weighted by Gasteiger charge is 2.23. The van der Waals surface area contributed by atoms with Crippen molar-refractivity contribution >= 4 is 51.3 Å². The zero-order chi connectivity index (χ0) is 23.8. The molecule has 4 nitrogen and oxygen atoms in total. The fourth-order valence-electron chi connectivity index (χ4n) is 3.39. The smallest absolute Gasteiger partial charge is 0.341 e. The zero-order valence-electron chi connectivity index (χ0n) is 19.3. The molecule has 0 saturated carbocycles. The highest BCUT2D eigenvalue weighted by Crippen LogP contribution is 2.30. The second-order valence-electron chi connectivity index (χ2n) is 8.03. The Kier molecular flexibility index (Phi) is 15.2. The maximum Gasteiger partial charge on any atom is 0.341 e. The van der Waals surface area contributed by atoms with Crippen LogP contribution in [0.5, 0.6) is 11.5 Å². The monoisotopic (exact) mass is 522 g/mol. The summed E-state index contributed by atoms with van der Waals surface area (Å²) in [5.74, 6) is 0.402. The Hall–Kier alpha value is -0.883. The van der Waals surface area contributed by atoms with Gasteiger partial charge in [-0.15, -0.1) is 33.2 Å². The summed E-state index contributed by atoms with van der Waals surface area (Å²) < 4.78 is 11.3. The molecule has 0 spiro atoms. The van der Waals surface area contributed by atoms with Gasteiger partial charge in [-0.2, -0.15) is 0 Å². The molecule has 1 N–H and O–H groups in total. The molecule has 1 aromatic rings. The first-order valence-electron chi connectivity index (χ1n) is 11.6. The molecule has 0 amide bonds. The minimum atomic E-state index is -2.55. The van der Waals surface area contributed by atoms with E-state index < -0.39 is 12.0 Å². The van der Waals surface area contributed by atoms with Gasteiger partial charge in [0, 0.05) is 5.57 Å². The minimum Gasteiger partial charge on any atom is -0.493 e. The van der Waals surface area contributed by atoms with Crippen LogP contribution in [0.1, 0.15) is 83.1 Å². The molecule has 32 heavy (non-hydrogen) atoms. The largest absolute Gasteiger partial charge is 0.493 e. The van der Waals surface area contributed by atoms with E-state index in [2.05, 4.69) is 6.92 Å². The summed E-state index contributed by atoms with van der Waals surface area (Å²) >= 11 is 17.7. The predicted octanol–water partition coefficient (Wildman–Crippen LogP) is 8.51. The first kappa shape index (κ1) is 29.1. The molecule has 0 radical (unpaired) electrons. The summed E-state index contributed by atoms with van der Waals surface area (Å²) in [6, 6.07) is 3.64. The van der Waals surface area contributed by atoms with Crippen LogP contribution in [0.15, 0.2) is 23.8 Å². The van der Waals surface area contributed by atoms with Crippen molar-refractivity contribution < 1.29 is 19.4 Å². The van der Waals surface area contributed by atoms with E-state index in [1.54, 1.807) is 13.2 Å². The van der Waals surface area contributed by atoms with Crippen LogP contribution in [0.2, 0.25) is 6.04 Å². The molecule has 0 fully saturated rings. The van der Waals surface area contributed by atoms with Gasteiger partial charge in [0.1, 0.15) is 0 Å². The number of ether oxygens (including phenoxy) is 2. The van der Waals surface area contributed by atoms with Crippen molar-refractivity contribution in [2.75, 3.05) is 13.7 Å². The standard InChI is InChI=1S/C24H37Cl3O4Si/c1-3-4-5-6-8-11-16-31-22-15-14-20(19-23(22)30-2)18-21(24(28)29)13-10-7-9-12-17-32(25,26)27/h14-15,18-19H,3-13,16-17H2,1-2H3,(H,28,29)/b21-18+. The van der Waals surface area contributed by atoms with Gasteiger partial charge in [-0.25, -0.2) is 4.79 Å². The van der Waals surface area contributed by atoms with Crippen molar-refractivity contribution in [3.8, 4) is 11.5 Å². The van der Waals surface area contributed by atoms with Crippen molar-refractivity contribution in [1.29, 1.82) is 0 Å². The first-order chi connectivity index (χ1) is 15.3. The van der Waals surface area contributed by atoms with Crippen molar-refractivity contribution in [2.45, 2.75) is 83.6 Å². The van der Waals surface area contributed by atoms with Crippen molar-refractivity contribution in [1.82, 2.24) is 0 Å². The summed E-state index contributed by atoms with van der Waals surface area (Å²) in [7, 11) is 1.60. The van der Waals surface area contributed by atoms with Crippen LogP contribution in [-0.4, -0.2) is 30.8 Å². The van der Waals surface area contributed by atoms with Crippen molar-refractivity contribution in [2.24, 2.45) is 0 Å². The van der Waals surface area contributed by atoms with Gasteiger partial charge in [0.15, 0.2) is 11.5 Å². The first-order valence-corrected chi connectivity index (χ1v) is 16.8. The molecule has 182 valence electrons. The van der Waals surface area contributed by atoms with Gasteiger partial charge in [0.2, 0.25) is 0 Å². The van der Waals surface area contributed by atoms with Crippen LogP contribution in [-0.2, 0) is 4.79 Å². The molecule has 0 aliphatic carbocycles. The summed E-state index contributed by atoms with van der Waals surface area (Å²) in [5.41, 5.74) is 1.16. The number of carboxylic acid groups (broad SMARTS) is 1. The fraction of sp³-hybridized carbons (Fsp3) is 0.625. The SMILES string of the molecule is CCCCCCCCOc1ccc(/C=C(\CCCCCC[Si](Cl)(Cl)Cl)C(=O)O)cc1OC. The van der Waals surface area contributed by atoms with Gasteiger partial charge in [-0.05, 0) is 49.1 Å². The molecule has 0 atom stereocenters. The summed E-state index contributed by atoms with van der Waals surface area (Å²) in [4.78, 5) is 11.7. The molecule has 8 heteroatoms. The average Bonchev–Trinajstić information content (AvgIpc) is 2.74. The summed E-state index contributed by atoms with van der Waals surface area (Å²) in [6.45, 7) is 2.87. The van der Waals surface area contributed by atoms with E-state index in [-0.39, 0.29) is 0 Å². The molecule has 0 aliphatic heterocycles. The van der Waals surface area contributed by atoms with Crippen molar-refractivity contribution in [3.63, 3.8) is 0 Å². The maximum atomic E-state index is 11.7. The fourth-order valence-corrected chi connectivity index (χ4v) is 5.25. The van der Waals surface area contributed by atoms with Gasteiger partial charge in [0.25, 0.3) is 0 Å². The minimum absolute atomic E-state index is 0.378. The van der Waals surface area contributed by atoms with E-state index in [1.807, 2.05) is 18.2 Å². The third-order valence-electron chi connectivity index (χ3n) is 5.22. The lowest BCUT2D eigenvalue weighted by Gasteiger charge is -2.12. The molecule has 0 heterocycles. The van der Waals surface area contributed by atoms with Gasteiger partial charge in [-0.1, -0.05) is 64.4 Å². The number of halogens is 3. The van der Waals surface area contributed by atoms with Crippen LogP contribution in [0.3, 0.4) is 0 Å². The third kappa shape index (κ3) is 13.6. The number of carbonyl (C=O) groups is 1. The second-order valence-corrected chi connectivity index (χ2v) is 17.3. The summed E-state index contributed by atoms with van der Waals surface area (Å²) in [6.07, 6.45) is 12.9. The Balaban J connectivity index is 2.56. The Morgan fingerprint density at radius 3 is 2.28 bits per heavy atom. The highest BCUT2D eigenvalue weighted by molar-refractivity contribution is 7.64. The average molecular weight is 524 g/mol. The van der Waals surface area contributed by atoms with Gasteiger partial charge >= 0.3 is 12.0 Å². The quantitative estimate of drug-likeness (QED) is 0.0906. The second kappa shape index (κ2) is 16.7. The molecule has 0 bridgehead atoms. The van der Waals surface area contributed by atoms with E-state index in [0.29, 0.717) is 36.1 Å². The molecule has 1 rings (SSSR count). The number of hydrogen-bond donors (Lipinski definition) is 1. The van der Waals surface area contributed by atoms with Crippen LogP contribution >= 0.6 is 33.2 Å². The molecule has 0 aliphatic rings. The van der Waals surface area contributed by atoms with E-state index >= 15 is 0 Å². The normalized spacial score (nSPS) is 12.1. The molecule has 0 saturated heterocycles. The summed E-state index contributed by atoms with van der Waals surface area (Å²) in [5, 5.41) is 9.57.